The van der Waals surface area contributed by atoms with E-state index in [9.17, 15) is 4.79 Å². The molecule has 1 heterocycles. The third-order valence-electron chi connectivity index (χ3n) is 3.34. The molecule has 0 radical (unpaired) electrons. The van der Waals surface area contributed by atoms with Crippen molar-refractivity contribution in [3.8, 4) is 0 Å². The van der Waals surface area contributed by atoms with E-state index in [0.29, 0.717) is 6.54 Å². The van der Waals surface area contributed by atoms with Gasteiger partial charge in [0.05, 0.1) is 6.54 Å². The summed E-state index contributed by atoms with van der Waals surface area (Å²) in [5.41, 5.74) is 0. The zero-order valence-electron chi connectivity index (χ0n) is 10.2. The molecular weight excluding hydrogens is 218 g/mol. The third kappa shape index (κ3) is 3.33. The van der Waals surface area contributed by atoms with Crippen LogP contribution in [0.4, 0.5) is 0 Å². The maximum atomic E-state index is 10.7. The minimum absolute atomic E-state index is 0.0225. The van der Waals surface area contributed by atoms with Gasteiger partial charge >= 0.3 is 5.97 Å². The van der Waals surface area contributed by atoms with Crippen molar-refractivity contribution in [3.63, 3.8) is 0 Å². The minimum Gasteiger partial charge on any atom is -0.475 e. The van der Waals surface area contributed by atoms with Gasteiger partial charge < -0.3 is 9.52 Å². The average Bonchev–Trinajstić information content (AvgIpc) is 2.88. The summed E-state index contributed by atoms with van der Waals surface area (Å²) < 4.78 is 5.24. The molecule has 1 aromatic heterocycles. The van der Waals surface area contributed by atoms with E-state index in [1.807, 2.05) is 0 Å². The van der Waals surface area contributed by atoms with Crippen molar-refractivity contribution >= 4 is 5.97 Å². The Bertz CT molecular complexity index is 380. The normalized spacial score (nSPS) is 16.8. The SMILES string of the molecule is CN(Cc1ccc(C(=O)O)o1)CC1CCCC1. The Kier molecular flexibility index (Phi) is 3.84. The molecule has 0 spiro atoms. The van der Waals surface area contributed by atoms with Crippen molar-refractivity contribution in [2.24, 2.45) is 5.92 Å². The number of furan rings is 1. The molecule has 1 N–H and O–H groups in total. The van der Waals surface area contributed by atoms with E-state index in [0.717, 1.165) is 18.2 Å². The van der Waals surface area contributed by atoms with Gasteiger partial charge in [-0.1, -0.05) is 12.8 Å². The van der Waals surface area contributed by atoms with Crippen molar-refractivity contribution in [2.75, 3.05) is 13.6 Å². The van der Waals surface area contributed by atoms with Crippen LogP contribution in [0.25, 0.3) is 0 Å². The molecule has 0 unspecified atom stereocenters. The molecule has 1 aromatic rings. The molecule has 1 aliphatic rings. The molecule has 0 amide bonds. The molecular formula is C13H19NO3. The molecule has 4 nitrogen and oxygen atoms in total. The molecule has 4 heteroatoms. The van der Waals surface area contributed by atoms with E-state index in [4.69, 9.17) is 9.52 Å². The fourth-order valence-electron chi connectivity index (χ4n) is 2.54. The Morgan fingerprint density at radius 3 is 2.76 bits per heavy atom. The van der Waals surface area contributed by atoms with Crippen molar-refractivity contribution < 1.29 is 14.3 Å². The second-order valence-electron chi connectivity index (χ2n) is 4.92. The quantitative estimate of drug-likeness (QED) is 0.855. The Hall–Kier alpha value is -1.29. The van der Waals surface area contributed by atoms with Crippen LogP contribution in [0.1, 0.15) is 42.0 Å². The fraction of sp³-hybridized carbons (Fsp3) is 0.615. The van der Waals surface area contributed by atoms with Crippen molar-refractivity contribution in [3.05, 3.63) is 23.7 Å². The first-order chi connectivity index (χ1) is 8.15. The molecule has 0 bridgehead atoms. The Labute approximate surface area is 101 Å². The van der Waals surface area contributed by atoms with Crippen LogP contribution in [0.5, 0.6) is 0 Å². The third-order valence-corrected chi connectivity index (χ3v) is 3.34. The fourth-order valence-corrected chi connectivity index (χ4v) is 2.54. The van der Waals surface area contributed by atoms with E-state index >= 15 is 0 Å². The van der Waals surface area contributed by atoms with E-state index in [2.05, 4.69) is 11.9 Å². The second-order valence-corrected chi connectivity index (χ2v) is 4.92. The first-order valence-electron chi connectivity index (χ1n) is 6.15. The summed E-state index contributed by atoms with van der Waals surface area (Å²) in [5.74, 6) is 0.542. The molecule has 1 fully saturated rings. The average molecular weight is 237 g/mol. The molecule has 1 aliphatic carbocycles. The molecule has 1 saturated carbocycles. The van der Waals surface area contributed by atoms with Crippen molar-refractivity contribution in [1.82, 2.24) is 4.90 Å². The number of carboxylic acid groups (broad SMARTS) is 1. The van der Waals surface area contributed by atoms with Crippen molar-refractivity contribution in [1.29, 1.82) is 0 Å². The highest BCUT2D eigenvalue weighted by atomic mass is 16.4. The van der Waals surface area contributed by atoms with Crippen LogP contribution in [0.3, 0.4) is 0 Å². The Morgan fingerprint density at radius 2 is 2.18 bits per heavy atom. The van der Waals surface area contributed by atoms with E-state index in [1.54, 1.807) is 6.07 Å². The summed E-state index contributed by atoms with van der Waals surface area (Å²) in [5, 5.41) is 8.75. The van der Waals surface area contributed by atoms with Crippen LogP contribution in [0, 0.1) is 5.92 Å². The number of hydrogen-bond donors (Lipinski definition) is 1. The highest BCUT2D eigenvalue weighted by Crippen LogP contribution is 2.25. The maximum Gasteiger partial charge on any atom is 0.371 e. The summed E-state index contributed by atoms with van der Waals surface area (Å²) in [6, 6.07) is 3.26. The lowest BCUT2D eigenvalue weighted by atomic mass is 10.1. The van der Waals surface area contributed by atoms with Crippen LogP contribution >= 0.6 is 0 Å². The van der Waals surface area contributed by atoms with Gasteiger partial charge in [-0.25, -0.2) is 4.79 Å². The number of rotatable bonds is 5. The molecule has 94 valence electrons. The second kappa shape index (κ2) is 5.36. The molecule has 2 rings (SSSR count). The van der Waals surface area contributed by atoms with Crippen LogP contribution in [-0.2, 0) is 6.54 Å². The first kappa shape index (κ1) is 12.2. The largest absolute Gasteiger partial charge is 0.475 e. The number of aromatic carboxylic acids is 1. The summed E-state index contributed by atoms with van der Waals surface area (Å²) >= 11 is 0. The lowest BCUT2D eigenvalue weighted by molar-refractivity contribution is 0.0658. The molecule has 0 aliphatic heterocycles. The standard InChI is InChI=1S/C13H19NO3/c1-14(8-10-4-2-3-5-10)9-11-6-7-12(17-11)13(15)16/h6-7,10H,2-5,8-9H2,1H3,(H,15,16). The molecule has 0 saturated heterocycles. The maximum absolute atomic E-state index is 10.7. The topological polar surface area (TPSA) is 53.7 Å². The van der Waals surface area contributed by atoms with E-state index < -0.39 is 5.97 Å². The summed E-state index contributed by atoms with van der Waals surface area (Å²) in [7, 11) is 2.06. The van der Waals surface area contributed by atoms with Gasteiger partial charge in [-0.3, -0.25) is 4.90 Å². The van der Waals surface area contributed by atoms with Crippen molar-refractivity contribution in [2.45, 2.75) is 32.2 Å². The van der Waals surface area contributed by atoms with Gasteiger partial charge in [0.1, 0.15) is 5.76 Å². The predicted octanol–water partition coefficient (Wildman–Crippen LogP) is 2.60. The molecule has 0 atom stereocenters. The van der Waals surface area contributed by atoms with E-state index in [1.165, 1.54) is 31.7 Å². The predicted molar refractivity (Wildman–Crippen MR) is 64.0 cm³/mol. The smallest absolute Gasteiger partial charge is 0.371 e. The van der Waals surface area contributed by atoms with Crippen LogP contribution in [-0.4, -0.2) is 29.6 Å². The Morgan fingerprint density at radius 1 is 1.47 bits per heavy atom. The van der Waals surface area contributed by atoms with Gasteiger partial charge in [-0.2, -0.15) is 0 Å². The number of hydrogen-bond acceptors (Lipinski definition) is 3. The number of carboxylic acids is 1. The lowest BCUT2D eigenvalue weighted by Gasteiger charge is -2.19. The zero-order chi connectivity index (χ0) is 12.3. The summed E-state index contributed by atoms with van der Waals surface area (Å²) in [6.45, 7) is 1.76. The number of carbonyl (C=O) groups is 1. The molecule has 17 heavy (non-hydrogen) atoms. The van der Waals surface area contributed by atoms with Gasteiger partial charge in [0.25, 0.3) is 0 Å². The molecule has 0 aromatic carbocycles. The lowest BCUT2D eigenvalue weighted by Crippen LogP contribution is -2.23. The summed E-state index contributed by atoms with van der Waals surface area (Å²) in [4.78, 5) is 12.9. The monoisotopic (exact) mass is 237 g/mol. The zero-order valence-corrected chi connectivity index (χ0v) is 10.2. The Balaban J connectivity index is 1.84. The summed E-state index contributed by atoms with van der Waals surface area (Å²) in [6.07, 6.45) is 5.34. The van der Waals surface area contributed by atoms with Gasteiger partial charge in [-0.15, -0.1) is 0 Å². The van der Waals surface area contributed by atoms with Crippen LogP contribution in [0.15, 0.2) is 16.5 Å². The first-order valence-corrected chi connectivity index (χ1v) is 6.15. The van der Waals surface area contributed by atoms with Gasteiger partial charge in [0.2, 0.25) is 5.76 Å². The van der Waals surface area contributed by atoms with Gasteiger partial charge in [0.15, 0.2) is 0 Å². The highest BCUT2D eigenvalue weighted by molar-refractivity contribution is 5.84. The van der Waals surface area contributed by atoms with E-state index in [-0.39, 0.29) is 5.76 Å². The van der Waals surface area contributed by atoms with Crippen LogP contribution < -0.4 is 0 Å². The van der Waals surface area contributed by atoms with Crippen LogP contribution in [0.2, 0.25) is 0 Å². The highest BCUT2D eigenvalue weighted by Gasteiger charge is 2.17. The minimum atomic E-state index is -1.00. The van der Waals surface area contributed by atoms with Gasteiger partial charge in [-0.05, 0) is 37.9 Å². The number of nitrogens with zero attached hydrogens (tertiary/aromatic N) is 1. The van der Waals surface area contributed by atoms with Gasteiger partial charge in [0, 0.05) is 6.54 Å².